The molecule has 0 aliphatic carbocycles. The molecule has 2 aromatic rings. The first kappa shape index (κ1) is 16.1. The molecule has 0 aliphatic heterocycles. The summed E-state index contributed by atoms with van der Waals surface area (Å²) in [5.74, 6) is 0. The van der Waals surface area contributed by atoms with Crippen LogP contribution in [0.1, 0.15) is 23.6 Å². The van der Waals surface area contributed by atoms with Crippen molar-refractivity contribution in [3.05, 3.63) is 63.6 Å². The summed E-state index contributed by atoms with van der Waals surface area (Å²) in [6.07, 6.45) is 0. The summed E-state index contributed by atoms with van der Waals surface area (Å²) in [7, 11) is 2.15. The number of nitrogens with one attached hydrogen (secondary N) is 1. The van der Waals surface area contributed by atoms with Crippen LogP contribution in [0.2, 0.25) is 0 Å². The Kier molecular flexibility index (Phi) is 5.83. The molecule has 0 fully saturated rings. The minimum atomic E-state index is 0.900. The van der Waals surface area contributed by atoms with Gasteiger partial charge in [0, 0.05) is 30.3 Å². The zero-order chi connectivity index (χ0) is 15.2. The van der Waals surface area contributed by atoms with Gasteiger partial charge in [-0.05, 0) is 36.7 Å². The molecule has 1 N–H and O–H groups in total. The van der Waals surface area contributed by atoms with Gasteiger partial charge >= 0.3 is 0 Å². The lowest BCUT2D eigenvalue weighted by Gasteiger charge is -2.23. The molecule has 0 spiro atoms. The minimum absolute atomic E-state index is 0.900. The minimum Gasteiger partial charge on any atom is -0.370 e. The molecule has 0 bridgehead atoms. The highest BCUT2D eigenvalue weighted by Gasteiger charge is 2.08. The van der Waals surface area contributed by atoms with Crippen LogP contribution in [0.25, 0.3) is 0 Å². The molecule has 0 heterocycles. The summed E-state index contributed by atoms with van der Waals surface area (Å²) in [6, 6.07) is 15.2. The van der Waals surface area contributed by atoms with Gasteiger partial charge < -0.3 is 10.2 Å². The number of anilines is 1. The first-order valence-corrected chi connectivity index (χ1v) is 8.15. The van der Waals surface area contributed by atoms with Gasteiger partial charge in [-0.1, -0.05) is 58.7 Å². The van der Waals surface area contributed by atoms with Gasteiger partial charge in [-0.3, -0.25) is 0 Å². The largest absolute Gasteiger partial charge is 0.370 e. The van der Waals surface area contributed by atoms with E-state index in [-0.39, 0.29) is 0 Å². The number of aryl methyl sites for hydroxylation is 1. The van der Waals surface area contributed by atoms with E-state index in [1.165, 1.54) is 22.4 Å². The maximum absolute atomic E-state index is 3.58. The second kappa shape index (κ2) is 7.62. The zero-order valence-corrected chi connectivity index (χ0v) is 14.6. The van der Waals surface area contributed by atoms with E-state index in [1.54, 1.807) is 0 Å². The van der Waals surface area contributed by atoms with Crippen LogP contribution in [-0.4, -0.2) is 13.6 Å². The average molecular weight is 347 g/mol. The lowest BCUT2D eigenvalue weighted by atomic mass is 10.1. The highest BCUT2D eigenvalue weighted by atomic mass is 79.9. The van der Waals surface area contributed by atoms with E-state index in [4.69, 9.17) is 0 Å². The summed E-state index contributed by atoms with van der Waals surface area (Å²) in [6.45, 7) is 7.05. The Morgan fingerprint density at radius 3 is 2.48 bits per heavy atom. The van der Waals surface area contributed by atoms with Gasteiger partial charge in [0.2, 0.25) is 0 Å². The average Bonchev–Trinajstić information content (AvgIpc) is 2.48. The van der Waals surface area contributed by atoms with Gasteiger partial charge in [0.25, 0.3) is 0 Å². The van der Waals surface area contributed by atoms with E-state index in [2.05, 4.69) is 89.5 Å². The van der Waals surface area contributed by atoms with Crippen LogP contribution in [0.3, 0.4) is 0 Å². The van der Waals surface area contributed by atoms with Crippen LogP contribution in [0.4, 0.5) is 5.69 Å². The second-order valence-electron chi connectivity index (χ2n) is 5.40. The Bertz CT molecular complexity index is 578. The van der Waals surface area contributed by atoms with Crippen molar-refractivity contribution in [3.8, 4) is 0 Å². The third-order valence-corrected chi connectivity index (χ3v) is 4.06. The monoisotopic (exact) mass is 346 g/mol. The molecule has 2 aromatic carbocycles. The molecule has 0 radical (unpaired) electrons. The smallest absolute Gasteiger partial charge is 0.0426 e. The first-order valence-electron chi connectivity index (χ1n) is 7.36. The lowest BCUT2D eigenvalue weighted by molar-refractivity contribution is 0.723. The van der Waals surface area contributed by atoms with Crippen molar-refractivity contribution in [2.45, 2.75) is 26.9 Å². The molecule has 3 heteroatoms. The fourth-order valence-corrected chi connectivity index (χ4v) is 2.70. The van der Waals surface area contributed by atoms with Crippen LogP contribution in [0, 0.1) is 6.92 Å². The van der Waals surface area contributed by atoms with E-state index >= 15 is 0 Å². The maximum atomic E-state index is 3.58. The Morgan fingerprint density at radius 1 is 1.10 bits per heavy atom. The van der Waals surface area contributed by atoms with E-state index in [0.29, 0.717) is 0 Å². The molecule has 0 amide bonds. The van der Waals surface area contributed by atoms with Crippen LogP contribution >= 0.6 is 15.9 Å². The molecule has 0 saturated heterocycles. The first-order chi connectivity index (χ1) is 10.1. The number of rotatable bonds is 6. The van der Waals surface area contributed by atoms with Gasteiger partial charge in [0.05, 0.1) is 0 Å². The van der Waals surface area contributed by atoms with Crippen molar-refractivity contribution < 1.29 is 0 Å². The molecule has 112 valence electrons. The van der Waals surface area contributed by atoms with Crippen LogP contribution in [-0.2, 0) is 13.1 Å². The molecule has 0 atom stereocenters. The standard InChI is InChI=1S/C18H23BrN2/c1-4-20-12-16-9-10-17(19)11-18(16)21(3)13-15-7-5-14(2)6-8-15/h5-11,20H,4,12-13H2,1-3H3. The second-order valence-corrected chi connectivity index (χ2v) is 6.31. The number of hydrogen-bond donors (Lipinski definition) is 1. The van der Waals surface area contributed by atoms with Crippen molar-refractivity contribution in [1.82, 2.24) is 5.32 Å². The predicted molar refractivity (Wildman–Crippen MR) is 94.8 cm³/mol. The highest BCUT2D eigenvalue weighted by Crippen LogP contribution is 2.25. The summed E-state index contributed by atoms with van der Waals surface area (Å²) >= 11 is 3.58. The quantitative estimate of drug-likeness (QED) is 0.828. The molecule has 2 rings (SSSR count). The van der Waals surface area contributed by atoms with Crippen molar-refractivity contribution in [3.63, 3.8) is 0 Å². The fraction of sp³-hybridized carbons (Fsp3) is 0.333. The molecule has 0 aliphatic rings. The van der Waals surface area contributed by atoms with E-state index in [0.717, 1.165) is 24.1 Å². The molecular weight excluding hydrogens is 324 g/mol. The SMILES string of the molecule is CCNCc1ccc(Br)cc1N(C)Cc1ccc(C)cc1. The molecule has 2 nitrogen and oxygen atoms in total. The van der Waals surface area contributed by atoms with E-state index in [9.17, 15) is 0 Å². The Labute approximate surface area is 136 Å². The molecule has 0 saturated carbocycles. The van der Waals surface area contributed by atoms with Crippen molar-refractivity contribution in [1.29, 1.82) is 0 Å². The number of nitrogens with zero attached hydrogens (tertiary/aromatic N) is 1. The third kappa shape index (κ3) is 4.58. The van der Waals surface area contributed by atoms with E-state index < -0.39 is 0 Å². The van der Waals surface area contributed by atoms with Crippen LogP contribution < -0.4 is 10.2 Å². The van der Waals surface area contributed by atoms with Gasteiger partial charge in [-0.25, -0.2) is 0 Å². The Morgan fingerprint density at radius 2 is 1.81 bits per heavy atom. The van der Waals surface area contributed by atoms with Crippen LogP contribution in [0.15, 0.2) is 46.9 Å². The number of benzene rings is 2. The summed E-state index contributed by atoms with van der Waals surface area (Å²) in [5.41, 5.74) is 5.23. The van der Waals surface area contributed by atoms with Crippen molar-refractivity contribution in [2.24, 2.45) is 0 Å². The van der Waals surface area contributed by atoms with Crippen LogP contribution in [0.5, 0.6) is 0 Å². The molecular formula is C18H23BrN2. The highest BCUT2D eigenvalue weighted by molar-refractivity contribution is 9.10. The predicted octanol–water partition coefficient (Wildman–Crippen LogP) is 4.50. The van der Waals surface area contributed by atoms with Gasteiger partial charge in [0.15, 0.2) is 0 Å². The topological polar surface area (TPSA) is 15.3 Å². The Hall–Kier alpha value is -1.32. The summed E-state index contributed by atoms with van der Waals surface area (Å²) in [4.78, 5) is 2.31. The summed E-state index contributed by atoms with van der Waals surface area (Å²) in [5, 5.41) is 3.41. The Balaban J connectivity index is 2.18. The zero-order valence-electron chi connectivity index (χ0n) is 13.0. The number of hydrogen-bond acceptors (Lipinski definition) is 2. The van der Waals surface area contributed by atoms with E-state index in [1.807, 2.05) is 0 Å². The molecule has 21 heavy (non-hydrogen) atoms. The van der Waals surface area contributed by atoms with Crippen molar-refractivity contribution in [2.75, 3.05) is 18.5 Å². The van der Waals surface area contributed by atoms with Gasteiger partial charge in [0.1, 0.15) is 0 Å². The maximum Gasteiger partial charge on any atom is 0.0426 e. The van der Waals surface area contributed by atoms with Crippen molar-refractivity contribution >= 4 is 21.6 Å². The number of halogens is 1. The molecule has 0 unspecified atom stereocenters. The van der Waals surface area contributed by atoms with Gasteiger partial charge in [-0.2, -0.15) is 0 Å². The summed E-state index contributed by atoms with van der Waals surface area (Å²) < 4.78 is 1.12. The van der Waals surface area contributed by atoms with Gasteiger partial charge in [-0.15, -0.1) is 0 Å². The lowest BCUT2D eigenvalue weighted by Crippen LogP contribution is -2.20. The normalized spacial score (nSPS) is 10.7. The fourth-order valence-electron chi connectivity index (χ4n) is 2.35. The molecule has 0 aromatic heterocycles. The third-order valence-electron chi connectivity index (χ3n) is 3.56.